The van der Waals surface area contributed by atoms with Gasteiger partial charge < -0.3 is 21.7 Å². The van der Waals surface area contributed by atoms with Gasteiger partial charge in [0.25, 0.3) is 0 Å². The maximum absolute atomic E-state index is 10.7. The molecule has 1 atom stereocenters. The van der Waals surface area contributed by atoms with Gasteiger partial charge in [-0.3, -0.25) is 0 Å². The number of aromatic carboxylic acids is 1. The minimum Gasteiger partial charge on any atom is -0.508 e. The Morgan fingerprint density at radius 2 is 2.13 bits per heavy atom. The van der Waals surface area contributed by atoms with Crippen molar-refractivity contribution >= 4 is 5.97 Å². The first-order chi connectivity index (χ1) is 7.04. The Bertz CT molecular complexity index is 366. The number of phenols is 1. The molecule has 0 aliphatic rings. The molecule has 0 bridgehead atoms. The fraction of sp³-hybridized carbons (Fsp3) is 0.300. The van der Waals surface area contributed by atoms with Crippen molar-refractivity contribution in [2.24, 2.45) is 11.5 Å². The lowest BCUT2D eigenvalue weighted by atomic mass is 10.0. The molecule has 5 heteroatoms. The Kier molecular flexibility index (Phi) is 3.65. The molecule has 0 aliphatic carbocycles. The van der Waals surface area contributed by atoms with Crippen LogP contribution in [0.3, 0.4) is 0 Å². The molecule has 0 aliphatic heterocycles. The van der Waals surface area contributed by atoms with Gasteiger partial charge in [0.1, 0.15) is 5.75 Å². The van der Waals surface area contributed by atoms with Crippen LogP contribution in [0.25, 0.3) is 0 Å². The lowest BCUT2D eigenvalue weighted by molar-refractivity contribution is 0.0696. The predicted octanol–water partition coefficient (Wildman–Crippen LogP) is -0.0811. The standard InChI is InChI=1S/C10H14N2O3/c11-5-8(12)4-7-3-6(10(14)15)1-2-9(7)13/h1-3,8,13H,4-5,11-12H2,(H,14,15). The van der Waals surface area contributed by atoms with Crippen LogP contribution in [-0.2, 0) is 6.42 Å². The molecule has 5 nitrogen and oxygen atoms in total. The number of rotatable bonds is 4. The largest absolute Gasteiger partial charge is 0.508 e. The van der Waals surface area contributed by atoms with Crippen LogP contribution in [0, 0.1) is 0 Å². The molecule has 0 fully saturated rings. The molecule has 0 saturated heterocycles. The van der Waals surface area contributed by atoms with Crippen molar-refractivity contribution < 1.29 is 15.0 Å². The highest BCUT2D eigenvalue weighted by molar-refractivity contribution is 5.88. The molecule has 1 rings (SSSR count). The van der Waals surface area contributed by atoms with Gasteiger partial charge >= 0.3 is 5.97 Å². The van der Waals surface area contributed by atoms with E-state index in [1.165, 1.54) is 18.2 Å². The van der Waals surface area contributed by atoms with Crippen LogP contribution in [-0.4, -0.2) is 28.8 Å². The zero-order valence-electron chi connectivity index (χ0n) is 8.18. The van der Waals surface area contributed by atoms with E-state index in [0.29, 0.717) is 12.0 Å². The van der Waals surface area contributed by atoms with Gasteiger partial charge in [-0.15, -0.1) is 0 Å². The molecule has 15 heavy (non-hydrogen) atoms. The molecular formula is C10H14N2O3. The second kappa shape index (κ2) is 4.77. The smallest absolute Gasteiger partial charge is 0.335 e. The zero-order chi connectivity index (χ0) is 11.4. The molecule has 1 unspecified atom stereocenters. The lowest BCUT2D eigenvalue weighted by Crippen LogP contribution is -2.31. The zero-order valence-corrected chi connectivity index (χ0v) is 8.18. The number of carboxylic acids is 1. The molecule has 0 spiro atoms. The number of carboxylic acid groups (broad SMARTS) is 1. The van der Waals surface area contributed by atoms with Gasteiger partial charge in [0.15, 0.2) is 0 Å². The van der Waals surface area contributed by atoms with Gasteiger partial charge in [-0.25, -0.2) is 4.79 Å². The van der Waals surface area contributed by atoms with Crippen molar-refractivity contribution in [1.29, 1.82) is 0 Å². The Labute approximate surface area is 87.3 Å². The van der Waals surface area contributed by atoms with Crippen molar-refractivity contribution in [3.8, 4) is 5.75 Å². The third-order valence-electron chi connectivity index (χ3n) is 2.11. The predicted molar refractivity (Wildman–Crippen MR) is 55.8 cm³/mol. The Morgan fingerprint density at radius 3 is 2.67 bits per heavy atom. The third kappa shape index (κ3) is 2.93. The second-order valence-electron chi connectivity index (χ2n) is 3.35. The first-order valence-electron chi connectivity index (χ1n) is 4.55. The van der Waals surface area contributed by atoms with Gasteiger partial charge in [-0.1, -0.05) is 0 Å². The molecule has 6 N–H and O–H groups in total. The van der Waals surface area contributed by atoms with Crippen molar-refractivity contribution in [2.75, 3.05) is 6.54 Å². The number of phenolic OH excluding ortho intramolecular Hbond substituents is 1. The number of nitrogens with two attached hydrogens (primary N) is 2. The highest BCUT2D eigenvalue weighted by Crippen LogP contribution is 2.19. The van der Waals surface area contributed by atoms with Crippen LogP contribution in [0.5, 0.6) is 5.75 Å². The van der Waals surface area contributed by atoms with Crippen LogP contribution >= 0.6 is 0 Å². The molecule has 0 saturated carbocycles. The molecule has 1 aromatic rings. The Hall–Kier alpha value is -1.59. The molecule has 0 amide bonds. The summed E-state index contributed by atoms with van der Waals surface area (Å²) in [5.41, 5.74) is 11.6. The van der Waals surface area contributed by atoms with Crippen LogP contribution < -0.4 is 11.5 Å². The molecule has 0 aromatic heterocycles. The molecule has 1 aromatic carbocycles. The Morgan fingerprint density at radius 1 is 1.47 bits per heavy atom. The average Bonchev–Trinajstić information content (AvgIpc) is 2.20. The summed E-state index contributed by atoms with van der Waals surface area (Å²) in [6.45, 7) is 0.288. The van der Waals surface area contributed by atoms with E-state index in [9.17, 15) is 9.90 Å². The summed E-state index contributed by atoms with van der Waals surface area (Å²) in [5, 5.41) is 18.2. The summed E-state index contributed by atoms with van der Waals surface area (Å²) >= 11 is 0. The normalized spacial score (nSPS) is 12.4. The molecule has 82 valence electrons. The quantitative estimate of drug-likeness (QED) is 0.555. The van der Waals surface area contributed by atoms with E-state index >= 15 is 0 Å². The van der Waals surface area contributed by atoms with Crippen molar-refractivity contribution in [3.63, 3.8) is 0 Å². The highest BCUT2D eigenvalue weighted by Gasteiger charge is 2.10. The van der Waals surface area contributed by atoms with Gasteiger partial charge in [-0.2, -0.15) is 0 Å². The summed E-state index contributed by atoms with van der Waals surface area (Å²) in [6, 6.07) is 3.82. The van der Waals surface area contributed by atoms with Crippen LogP contribution in [0.1, 0.15) is 15.9 Å². The van der Waals surface area contributed by atoms with Crippen molar-refractivity contribution in [3.05, 3.63) is 29.3 Å². The van der Waals surface area contributed by atoms with Gasteiger partial charge in [0, 0.05) is 12.6 Å². The number of hydrogen-bond acceptors (Lipinski definition) is 4. The van der Waals surface area contributed by atoms with Crippen LogP contribution in [0.15, 0.2) is 18.2 Å². The first-order valence-corrected chi connectivity index (χ1v) is 4.55. The monoisotopic (exact) mass is 210 g/mol. The fourth-order valence-corrected chi connectivity index (χ4v) is 1.25. The number of aromatic hydroxyl groups is 1. The van der Waals surface area contributed by atoms with Crippen molar-refractivity contribution in [1.82, 2.24) is 0 Å². The van der Waals surface area contributed by atoms with Crippen LogP contribution in [0.2, 0.25) is 0 Å². The number of hydrogen-bond donors (Lipinski definition) is 4. The van der Waals surface area contributed by atoms with E-state index in [2.05, 4.69) is 0 Å². The van der Waals surface area contributed by atoms with E-state index in [0.717, 1.165) is 0 Å². The summed E-state index contributed by atoms with van der Waals surface area (Å²) in [4.78, 5) is 10.7. The van der Waals surface area contributed by atoms with E-state index in [4.69, 9.17) is 16.6 Å². The maximum Gasteiger partial charge on any atom is 0.335 e. The summed E-state index contributed by atoms with van der Waals surface area (Å²) in [7, 11) is 0. The summed E-state index contributed by atoms with van der Waals surface area (Å²) in [6.07, 6.45) is 0.365. The van der Waals surface area contributed by atoms with Gasteiger partial charge in [0.05, 0.1) is 5.56 Å². The minimum absolute atomic E-state index is 0.0453. The average molecular weight is 210 g/mol. The number of benzene rings is 1. The molecule has 0 radical (unpaired) electrons. The third-order valence-corrected chi connectivity index (χ3v) is 2.11. The second-order valence-corrected chi connectivity index (χ2v) is 3.35. The molecule has 0 heterocycles. The van der Waals surface area contributed by atoms with E-state index < -0.39 is 5.97 Å². The van der Waals surface area contributed by atoms with Crippen molar-refractivity contribution in [2.45, 2.75) is 12.5 Å². The Balaban J connectivity index is 2.95. The fourth-order valence-electron chi connectivity index (χ4n) is 1.25. The maximum atomic E-state index is 10.7. The minimum atomic E-state index is -1.03. The van der Waals surface area contributed by atoms with Gasteiger partial charge in [-0.05, 0) is 30.2 Å². The summed E-state index contributed by atoms with van der Waals surface area (Å²) in [5.74, 6) is -0.985. The van der Waals surface area contributed by atoms with Crippen LogP contribution in [0.4, 0.5) is 0 Å². The summed E-state index contributed by atoms with van der Waals surface area (Å²) < 4.78 is 0. The lowest BCUT2D eigenvalue weighted by Gasteiger charge is -2.10. The molecular weight excluding hydrogens is 196 g/mol. The van der Waals surface area contributed by atoms with E-state index in [1.807, 2.05) is 0 Å². The first kappa shape index (κ1) is 11.5. The van der Waals surface area contributed by atoms with Gasteiger partial charge in [0.2, 0.25) is 0 Å². The highest BCUT2D eigenvalue weighted by atomic mass is 16.4. The van der Waals surface area contributed by atoms with E-state index in [1.54, 1.807) is 0 Å². The SMILES string of the molecule is NCC(N)Cc1cc(C(=O)O)ccc1O. The van der Waals surface area contributed by atoms with E-state index in [-0.39, 0.29) is 23.9 Å². The topological polar surface area (TPSA) is 110 Å². The number of carbonyl (C=O) groups is 1.